The molecular formula is C36H32F5N3O2. The van der Waals surface area contributed by atoms with Gasteiger partial charge in [0.05, 0.1) is 18.2 Å². The van der Waals surface area contributed by atoms with Crippen molar-refractivity contribution in [2.75, 3.05) is 26.2 Å². The smallest absolute Gasteiger partial charge is 0.390 e. The van der Waals surface area contributed by atoms with Gasteiger partial charge in [-0.3, -0.25) is 9.69 Å². The predicted octanol–water partition coefficient (Wildman–Crippen LogP) is 6.76. The standard InChI is InChI=1S/C36H32F5N3O2/c37-30-14-10-27(11-15-30)35(28-12-16-31(38)17-13-28)34(46)44(33(42-35)26-4-2-1-3-5-26)23-32(45)22-43-20-18-25(19-21-43)24-6-8-29(9-7-24)36(39,40)41/h1-17,25,32,45H,18-23H2. The number of aliphatic hydroxyl groups excluding tert-OH is 1. The molecule has 1 fully saturated rings. The summed E-state index contributed by atoms with van der Waals surface area (Å²) in [6, 6.07) is 25.3. The van der Waals surface area contributed by atoms with Crippen molar-refractivity contribution in [3.8, 4) is 0 Å². The summed E-state index contributed by atoms with van der Waals surface area (Å²) in [5.41, 5.74) is 0.00727. The number of carbonyl (C=O) groups is 1. The van der Waals surface area contributed by atoms with Crippen molar-refractivity contribution >= 4 is 11.7 Å². The number of β-amino-alcohol motifs (C(OH)–C–C–N with tert-alkyl or cyclic N) is 1. The number of carbonyl (C=O) groups excluding carboxylic acids is 1. The highest BCUT2D eigenvalue weighted by Crippen LogP contribution is 2.42. The molecule has 2 aliphatic rings. The van der Waals surface area contributed by atoms with Gasteiger partial charge in [0.2, 0.25) is 0 Å². The Morgan fingerprint density at radius 2 is 1.33 bits per heavy atom. The van der Waals surface area contributed by atoms with Crippen LogP contribution in [0.4, 0.5) is 22.0 Å². The largest absolute Gasteiger partial charge is 0.416 e. The van der Waals surface area contributed by atoms with Crippen molar-refractivity contribution in [3.05, 3.63) is 143 Å². The number of rotatable bonds is 8. The van der Waals surface area contributed by atoms with Crippen LogP contribution in [0, 0.1) is 11.6 Å². The fourth-order valence-electron chi connectivity index (χ4n) is 6.42. The summed E-state index contributed by atoms with van der Waals surface area (Å²) in [6.07, 6.45) is -3.90. The molecule has 1 atom stereocenters. The number of amidine groups is 1. The van der Waals surface area contributed by atoms with E-state index in [0.717, 1.165) is 30.5 Å². The van der Waals surface area contributed by atoms with Crippen molar-refractivity contribution in [2.24, 2.45) is 4.99 Å². The molecule has 0 radical (unpaired) electrons. The number of nitrogens with zero attached hydrogens (tertiary/aromatic N) is 3. The highest BCUT2D eigenvalue weighted by molar-refractivity contribution is 6.16. The number of aliphatic hydroxyl groups is 1. The third-order valence-corrected chi connectivity index (χ3v) is 8.80. The molecule has 0 bridgehead atoms. The van der Waals surface area contributed by atoms with Crippen LogP contribution in [-0.4, -0.2) is 58.9 Å². The van der Waals surface area contributed by atoms with Crippen LogP contribution in [0.15, 0.2) is 108 Å². The Labute approximate surface area is 263 Å². The first-order valence-corrected chi connectivity index (χ1v) is 15.1. The van der Waals surface area contributed by atoms with Gasteiger partial charge in [0.15, 0.2) is 5.54 Å². The van der Waals surface area contributed by atoms with Gasteiger partial charge in [-0.05, 0) is 84.9 Å². The SMILES string of the molecule is O=C1N(CC(O)CN2CCC(c3ccc(C(F)(F)F)cc3)CC2)C(c2ccccc2)=NC1(c1ccc(F)cc1)c1ccc(F)cc1. The molecule has 0 spiro atoms. The number of benzene rings is 4. The first-order valence-electron chi connectivity index (χ1n) is 15.1. The van der Waals surface area contributed by atoms with E-state index in [1.54, 1.807) is 0 Å². The van der Waals surface area contributed by atoms with Gasteiger partial charge in [0.1, 0.15) is 17.5 Å². The number of alkyl halides is 3. The Bertz CT molecular complexity index is 1640. The molecule has 1 unspecified atom stereocenters. The first-order chi connectivity index (χ1) is 22.0. The molecule has 238 valence electrons. The van der Waals surface area contributed by atoms with Crippen LogP contribution in [0.5, 0.6) is 0 Å². The Morgan fingerprint density at radius 3 is 1.85 bits per heavy atom. The Kier molecular flexibility index (Phi) is 8.76. The van der Waals surface area contributed by atoms with Crippen molar-refractivity contribution in [2.45, 2.75) is 36.6 Å². The summed E-state index contributed by atoms with van der Waals surface area (Å²) in [5, 5.41) is 11.3. The second-order valence-electron chi connectivity index (χ2n) is 11.8. The number of amides is 1. The number of halogens is 5. The summed E-state index contributed by atoms with van der Waals surface area (Å²) in [6.45, 7) is 1.46. The molecule has 5 nitrogen and oxygen atoms in total. The molecule has 4 aromatic rings. The van der Waals surface area contributed by atoms with E-state index >= 15 is 0 Å². The zero-order valence-electron chi connectivity index (χ0n) is 24.8. The molecule has 2 aliphatic heterocycles. The zero-order chi connectivity index (χ0) is 32.5. The minimum Gasteiger partial charge on any atom is -0.390 e. The summed E-state index contributed by atoms with van der Waals surface area (Å²) in [7, 11) is 0. The summed E-state index contributed by atoms with van der Waals surface area (Å²) in [5.74, 6) is -0.973. The summed E-state index contributed by atoms with van der Waals surface area (Å²) >= 11 is 0. The maximum Gasteiger partial charge on any atom is 0.416 e. The lowest BCUT2D eigenvalue weighted by molar-refractivity contribution is -0.137. The van der Waals surface area contributed by atoms with Crippen molar-refractivity contribution in [3.63, 3.8) is 0 Å². The molecule has 6 rings (SSSR count). The third-order valence-electron chi connectivity index (χ3n) is 8.80. The second kappa shape index (κ2) is 12.8. The van der Waals surface area contributed by atoms with Gasteiger partial charge in [-0.15, -0.1) is 0 Å². The van der Waals surface area contributed by atoms with E-state index in [2.05, 4.69) is 4.90 Å². The maximum atomic E-state index is 14.5. The third kappa shape index (κ3) is 6.32. The minimum absolute atomic E-state index is 0.0739. The lowest BCUT2D eigenvalue weighted by Crippen LogP contribution is -2.48. The first kappa shape index (κ1) is 31.6. The quantitative estimate of drug-likeness (QED) is 0.218. The molecule has 10 heteroatoms. The minimum atomic E-state index is -4.38. The Hall–Kier alpha value is -4.41. The van der Waals surface area contributed by atoms with Crippen LogP contribution in [0.3, 0.4) is 0 Å². The van der Waals surface area contributed by atoms with Gasteiger partial charge in [-0.2, -0.15) is 13.2 Å². The van der Waals surface area contributed by atoms with Crippen LogP contribution >= 0.6 is 0 Å². The second-order valence-corrected chi connectivity index (χ2v) is 11.8. The van der Waals surface area contributed by atoms with Gasteiger partial charge in [0, 0.05) is 12.1 Å². The van der Waals surface area contributed by atoms with Gasteiger partial charge in [-0.1, -0.05) is 66.7 Å². The molecule has 0 aromatic heterocycles. The predicted molar refractivity (Wildman–Crippen MR) is 164 cm³/mol. The Balaban J connectivity index is 1.22. The molecule has 1 saturated heterocycles. The number of aliphatic imine (C=N–C) groups is 1. The van der Waals surface area contributed by atoms with Crippen LogP contribution in [0.2, 0.25) is 0 Å². The number of piperidine rings is 1. The van der Waals surface area contributed by atoms with E-state index in [0.29, 0.717) is 35.6 Å². The van der Waals surface area contributed by atoms with Crippen molar-refractivity contribution in [1.29, 1.82) is 0 Å². The normalized spacial score (nSPS) is 18.1. The fourth-order valence-corrected chi connectivity index (χ4v) is 6.42. The van der Waals surface area contributed by atoms with Crippen molar-refractivity contribution < 1.29 is 31.9 Å². The number of likely N-dealkylation sites (tertiary alicyclic amines) is 1. The molecular weight excluding hydrogens is 601 g/mol. The highest BCUT2D eigenvalue weighted by atomic mass is 19.4. The molecule has 2 heterocycles. The summed E-state index contributed by atoms with van der Waals surface area (Å²) < 4.78 is 66.9. The molecule has 0 aliphatic carbocycles. The van der Waals surface area contributed by atoms with E-state index in [9.17, 15) is 31.9 Å². The van der Waals surface area contributed by atoms with Gasteiger partial charge in [-0.25, -0.2) is 13.8 Å². The fraction of sp³-hybridized carbons (Fsp3) is 0.278. The highest BCUT2D eigenvalue weighted by Gasteiger charge is 2.51. The molecule has 4 aromatic carbocycles. The lowest BCUT2D eigenvalue weighted by Gasteiger charge is -2.34. The van der Waals surface area contributed by atoms with Crippen LogP contribution in [0.25, 0.3) is 0 Å². The average Bonchev–Trinajstić information content (AvgIpc) is 3.34. The van der Waals surface area contributed by atoms with E-state index in [1.807, 2.05) is 30.3 Å². The van der Waals surface area contributed by atoms with Crippen LogP contribution in [0.1, 0.15) is 46.6 Å². The maximum absolute atomic E-state index is 14.5. The zero-order valence-corrected chi connectivity index (χ0v) is 24.8. The molecule has 1 amide bonds. The van der Waals surface area contributed by atoms with Crippen LogP contribution in [-0.2, 0) is 16.5 Å². The Morgan fingerprint density at radius 1 is 0.783 bits per heavy atom. The van der Waals surface area contributed by atoms with E-state index in [1.165, 1.54) is 65.6 Å². The average molecular weight is 634 g/mol. The summed E-state index contributed by atoms with van der Waals surface area (Å²) in [4.78, 5) is 23.0. The number of hydrogen-bond acceptors (Lipinski definition) is 4. The van der Waals surface area contributed by atoms with Gasteiger partial charge in [0.25, 0.3) is 5.91 Å². The molecule has 0 saturated carbocycles. The topological polar surface area (TPSA) is 56.1 Å². The van der Waals surface area contributed by atoms with Gasteiger partial charge >= 0.3 is 6.18 Å². The van der Waals surface area contributed by atoms with E-state index in [4.69, 9.17) is 4.99 Å². The van der Waals surface area contributed by atoms with Crippen LogP contribution < -0.4 is 0 Å². The lowest BCUT2D eigenvalue weighted by atomic mass is 9.82. The van der Waals surface area contributed by atoms with Gasteiger partial charge < -0.3 is 10.0 Å². The van der Waals surface area contributed by atoms with E-state index < -0.39 is 40.9 Å². The van der Waals surface area contributed by atoms with Crippen molar-refractivity contribution in [1.82, 2.24) is 9.80 Å². The monoisotopic (exact) mass is 633 g/mol. The molecule has 46 heavy (non-hydrogen) atoms. The number of hydrogen-bond donors (Lipinski definition) is 1. The van der Waals surface area contributed by atoms with E-state index in [-0.39, 0.29) is 19.0 Å². The molecule has 1 N–H and O–H groups in total.